The van der Waals surface area contributed by atoms with Crippen LogP contribution >= 0.6 is 0 Å². The van der Waals surface area contributed by atoms with E-state index in [0.29, 0.717) is 10.8 Å². The van der Waals surface area contributed by atoms with Gasteiger partial charge in [0.15, 0.2) is 0 Å². The van der Waals surface area contributed by atoms with Gasteiger partial charge in [0.2, 0.25) is 0 Å². The van der Waals surface area contributed by atoms with Crippen LogP contribution < -0.4 is 0 Å². The van der Waals surface area contributed by atoms with Gasteiger partial charge in [-0.2, -0.15) is 0 Å². The molecule has 0 heterocycles. The summed E-state index contributed by atoms with van der Waals surface area (Å²) < 4.78 is 0. The Morgan fingerprint density at radius 2 is 1.55 bits per heavy atom. The molecule has 20 heavy (non-hydrogen) atoms. The minimum absolute atomic E-state index is 0.0386. The van der Waals surface area contributed by atoms with Crippen molar-refractivity contribution in [1.29, 1.82) is 0 Å². The summed E-state index contributed by atoms with van der Waals surface area (Å²) in [5.74, 6) is 1.68. The minimum Gasteiger partial charge on any atom is -0.393 e. The van der Waals surface area contributed by atoms with E-state index in [4.69, 9.17) is 0 Å². The molecule has 4 rings (SSSR count). The largest absolute Gasteiger partial charge is 0.393 e. The number of aliphatic hydroxyl groups is 1. The van der Waals surface area contributed by atoms with E-state index in [9.17, 15) is 5.11 Å². The van der Waals surface area contributed by atoms with Gasteiger partial charge in [-0.15, -0.1) is 0 Å². The van der Waals surface area contributed by atoms with Crippen molar-refractivity contribution in [2.45, 2.75) is 91.6 Å². The second-order valence-corrected chi connectivity index (χ2v) is 9.83. The van der Waals surface area contributed by atoms with Crippen LogP contribution in [0.1, 0.15) is 85.5 Å². The van der Waals surface area contributed by atoms with E-state index in [-0.39, 0.29) is 11.5 Å². The first-order chi connectivity index (χ1) is 9.24. The Bertz CT molecular complexity index is 354. The molecular weight excluding hydrogens is 244 g/mol. The standard InChI is InChI=1S/C19H34O/c1-14(2)6-5-7-16(20)19-10-15-8-17(3,12-19)11-18(4,9-15)13-19/h14-16,20H,5-13H2,1-4H3. The zero-order chi connectivity index (χ0) is 14.6. The highest BCUT2D eigenvalue weighted by atomic mass is 16.3. The highest BCUT2D eigenvalue weighted by Gasteiger charge is 2.61. The lowest BCUT2D eigenvalue weighted by Crippen LogP contribution is -2.58. The highest BCUT2D eigenvalue weighted by molar-refractivity contribution is 5.12. The first-order valence-corrected chi connectivity index (χ1v) is 8.92. The molecule has 0 spiro atoms. The molecule has 4 fully saturated rings. The van der Waals surface area contributed by atoms with Gasteiger partial charge in [0.1, 0.15) is 0 Å². The number of rotatable bonds is 5. The number of hydrogen-bond donors (Lipinski definition) is 1. The molecule has 0 aromatic rings. The van der Waals surface area contributed by atoms with Gasteiger partial charge in [-0.3, -0.25) is 0 Å². The summed E-state index contributed by atoms with van der Waals surface area (Å²) in [6, 6.07) is 0. The third-order valence-corrected chi connectivity index (χ3v) is 6.64. The Kier molecular flexibility index (Phi) is 3.52. The Labute approximate surface area is 125 Å². The van der Waals surface area contributed by atoms with Crippen molar-refractivity contribution in [3.05, 3.63) is 0 Å². The zero-order valence-corrected chi connectivity index (χ0v) is 14.0. The molecule has 116 valence electrons. The van der Waals surface area contributed by atoms with Gasteiger partial charge < -0.3 is 5.11 Å². The van der Waals surface area contributed by atoms with Crippen molar-refractivity contribution >= 4 is 0 Å². The fourth-order valence-electron chi connectivity index (χ4n) is 6.93. The van der Waals surface area contributed by atoms with Crippen LogP contribution in [0.15, 0.2) is 0 Å². The van der Waals surface area contributed by atoms with Crippen molar-refractivity contribution in [2.75, 3.05) is 0 Å². The minimum atomic E-state index is -0.0386. The van der Waals surface area contributed by atoms with Crippen molar-refractivity contribution < 1.29 is 5.11 Å². The average Bonchev–Trinajstić information content (AvgIpc) is 2.22. The topological polar surface area (TPSA) is 20.2 Å². The SMILES string of the molecule is CC(C)CCCC(O)C12CC3CC(C)(CC(C)(C3)C1)C2. The summed E-state index contributed by atoms with van der Waals surface area (Å²) in [6.45, 7) is 9.59. The van der Waals surface area contributed by atoms with E-state index in [1.54, 1.807) is 0 Å². The number of aliphatic hydroxyl groups excluding tert-OH is 1. The predicted molar refractivity (Wildman–Crippen MR) is 84.5 cm³/mol. The molecule has 4 aliphatic rings. The van der Waals surface area contributed by atoms with E-state index < -0.39 is 0 Å². The maximum atomic E-state index is 11.0. The Balaban J connectivity index is 1.72. The summed E-state index contributed by atoms with van der Waals surface area (Å²) in [5, 5.41) is 11.0. The highest BCUT2D eigenvalue weighted by Crippen LogP contribution is 2.70. The van der Waals surface area contributed by atoms with Crippen LogP contribution in [0.25, 0.3) is 0 Å². The summed E-state index contributed by atoms with van der Waals surface area (Å²) >= 11 is 0. The van der Waals surface area contributed by atoms with Crippen LogP contribution in [0.2, 0.25) is 0 Å². The molecule has 1 nitrogen and oxygen atoms in total. The molecule has 0 radical (unpaired) electrons. The molecule has 0 amide bonds. The van der Waals surface area contributed by atoms with Gasteiger partial charge in [0.05, 0.1) is 6.10 Å². The van der Waals surface area contributed by atoms with Crippen LogP contribution in [-0.2, 0) is 0 Å². The van der Waals surface area contributed by atoms with Crippen LogP contribution in [0.3, 0.4) is 0 Å². The third-order valence-electron chi connectivity index (χ3n) is 6.64. The molecule has 1 heteroatoms. The molecular formula is C19H34O. The normalized spacial score (nSPS) is 48.0. The first kappa shape index (κ1) is 14.9. The van der Waals surface area contributed by atoms with E-state index in [0.717, 1.165) is 18.3 Å². The van der Waals surface area contributed by atoms with Gasteiger partial charge in [-0.25, -0.2) is 0 Å². The van der Waals surface area contributed by atoms with E-state index in [2.05, 4.69) is 27.7 Å². The average molecular weight is 278 g/mol. The predicted octanol–water partition coefficient (Wildman–Crippen LogP) is 5.17. The van der Waals surface area contributed by atoms with Gasteiger partial charge in [0, 0.05) is 0 Å². The second-order valence-electron chi connectivity index (χ2n) is 9.83. The molecule has 0 aromatic carbocycles. The van der Waals surface area contributed by atoms with E-state index in [1.165, 1.54) is 51.4 Å². The fourth-order valence-corrected chi connectivity index (χ4v) is 6.93. The summed E-state index contributed by atoms with van der Waals surface area (Å²) in [6.07, 6.45) is 11.7. The summed E-state index contributed by atoms with van der Waals surface area (Å²) in [7, 11) is 0. The van der Waals surface area contributed by atoms with Gasteiger partial charge in [-0.1, -0.05) is 40.5 Å². The van der Waals surface area contributed by atoms with Crippen molar-refractivity contribution in [2.24, 2.45) is 28.1 Å². The summed E-state index contributed by atoms with van der Waals surface area (Å²) in [5.41, 5.74) is 1.35. The lowest BCUT2D eigenvalue weighted by Gasteiger charge is -2.66. The second kappa shape index (κ2) is 4.73. The molecule has 0 aliphatic heterocycles. The van der Waals surface area contributed by atoms with Crippen LogP contribution in [0.4, 0.5) is 0 Å². The molecule has 4 saturated carbocycles. The molecule has 3 unspecified atom stereocenters. The van der Waals surface area contributed by atoms with Gasteiger partial charge in [-0.05, 0) is 73.0 Å². The summed E-state index contributed by atoms with van der Waals surface area (Å²) in [4.78, 5) is 0. The van der Waals surface area contributed by atoms with Crippen molar-refractivity contribution in [3.8, 4) is 0 Å². The van der Waals surface area contributed by atoms with Crippen LogP contribution in [-0.4, -0.2) is 11.2 Å². The maximum Gasteiger partial charge on any atom is 0.0596 e. The Hall–Kier alpha value is -0.0400. The van der Waals surface area contributed by atoms with Gasteiger partial charge >= 0.3 is 0 Å². The number of hydrogen-bond acceptors (Lipinski definition) is 1. The first-order valence-electron chi connectivity index (χ1n) is 8.92. The van der Waals surface area contributed by atoms with E-state index in [1.807, 2.05) is 0 Å². The fraction of sp³-hybridized carbons (Fsp3) is 1.00. The lowest BCUT2D eigenvalue weighted by atomic mass is 9.39. The molecule has 0 saturated heterocycles. The monoisotopic (exact) mass is 278 g/mol. The molecule has 1 N–H and O–H groups in total. The molecule has 0 aromatic heterocycles. The van der Waals surface area contributed by atoms with Gasteiger partial charge in [0.25, 0.3) is 0 Å². The van der Waals surface area contributed by atoms with Crippen molar-refractivity contribution in [1.82, 2.24) is 0 Å². The van der Waals surface area contributed by atoms with Crippen molar-refractivity contribution in [3.63, 3.8) is 0 Å². The smallest absolute Gasteiger partial charge is 0.0596 e. The molecule has 4 aliphatic carbocycles. The molecule has 4 bridgehead atoms. The van der Waals surface area contributed by atoms with Crippen LogP contribution in [0.5, 0.6) is 0 Å². The van der Waals surface area contributed by atoms with E-state index >= 15 is 0 Å². The third kappa shape index (κ3) is 2.56. The maximum absolute atomic E-state index is 11.0. The van der Waals surface area contributed by atoms with Crippen LogP contribution in [0, 0.1) is 28.1 Å². The quantitative estimate of drug-likeness (QED) is 0.735. The Morgan fingerprint density at radius 1 is 0.950 bits per heavy atom. The lowest BCUT2D eigenvalue weighted by molar-refractivity contribution is -0.186. The zero-order valence-electron chi connectivity index (χ0n) is 14.0. The Morgan fingerprint density at radius 3 is 2.05 bits per heavy atom. The molecule has 3 atom stereocenters.